The number of nitrogens with zero attached hydrogens (tertiary/aromatic N) is 1. The molecular weight excluding hydrogens is 278 g/mol. The zero-order chi connectivity index (χ0) is 16.5. The predicted molar refractivity (Wildman–Crippen MR) is 90.0 cm³/mol. The Hall–Kier alpha value is -1.63. The van der Waals surface area contributed by atoms with Gasteiger partial charge in [-0.2, -0.15) is 0 Å². The highest BCUT2D eigenvalue weighted by molar-refractivity contribution is 5.48. The first kappa shape index (κ1) is 20.4. The van der Waals surface area contributed by atoms with Gasteiger partial charge in [0.1, 0.15) is 6.29 Å². The fourth-order valence-electron chi connectivity index (χ4n) is 2.12. The van der Waals surface area contributed by atoms with Crippen molar-refractivity contribution >= 4 is 6.29 Å². The van der Waals surface area contributed by atoms with Crippen LogP contribution in [0.4, 0.5) is 0 Å². The van der Waals surface area contributed by atoms with E-state index in [1.165, 1.54) is 32.1 Å². The van der Waals surface area contributed by atoms with E-state index in [0.29, 0.717) is 32.1 Å². The van der Waals surface area contributed by atoms with Gasteiger partial charge in [-0.3, -0.25) is 10.1 Å². The van der Waals surface area contributed by atoms with Crippen LogP contribution < -0.4 is 0 Å². The van der Waals surface area contributed by atoms with E-state index >= 15 is 0 Å². The lowest BCUT2D eigenvalue weighted by Gasteiger charge is -1.97. The van der Waals surface area contributed by atoms with E-state index in [-0.39, 0.29) is 10.6 Å². The standard InChI is InChI=1S/C18H29NO3/c1-2-3-4-5-6-7-8-9-10-12-15-18(19(21)22)16-13-11-14-17-20/h15,17H,2-8,11-14,16H2,1H3/b18-15-. The van der Waals surface area contributed by atoms with Crippen LogP contribution in [0.25, 0.3) is 0 Å². The van der Waals surface area contributed by atoms with E-state index in [4.69, 9.17) is 0 Å². The molecule has 0 aromatic heterocycles. The van der Waals surface area contributed by atoms with Gasteiger partial charge in [-0.15, -0.1) is 5.92 Å². The highest BCUT2D eigenvalue weighted by Gasteiger charge is 2.08. The molecule has 0 aliphatic heterocycles. The summed E-state index contributed by atoms with van der Waals surface area (Å²) < 4.78 is 0. The number of aldehydes is 1. The molecule has 0 atom stereocenters. The Balaban J connectivity index is 3.82. The van der Waals surface area contributed by atoms with Gasteiger partial charge in [0.25, 0.3) is 0 Å². The smallest absolute Gasteiger partial charge is 0.243 e. The van der Waals surface area contributed by atoms with Crippen molar-refractivity contribution in [3.63, 3.8) is 0 Å². The van der Waals surface area contributed by atoms with Gasteiger partial charge in [-0.05, 0) is 19.3 Å². The second-order valence-electron chi connectivity index (χ2n) is 5.44. The minimum absolute atomic E-state index is 0.222. The number of carbonyl (C=O) groups is 1. The summed E-state index contributed by atoms with van der Waals surface area (Å²) in [6, 6.07) is 0. The van der Waals surface area contributed by atoms with Crippen molar-refractivity contribution in [2.45, 2.75) is 84.0 Å². The summed E-state index contributed by atoms with van der Waals surface area (Å²) in [6.45, 7) is 2.21. The van der Waals surface area contributed by atoms with Crippen LogP contribution in [0.3, 0.4) is 0 Å². The number of allylic oxidation sites excluding steroid dienone is 2. The maximum atomic E-state index is 10.9. The monoisotopic (exact) mass is 307 g/mol. The summed E-state index contributed by atoms with van der Waals surface area (Å²) in [5, 5.41) is 10.9. The molecule has 0 rings (SSSR count). The fraction of sp³-hybridized carbons (Fsp3) is 0.722. The zero-order valence-electron chi connectivity index (χ0n) is 13.8. The van der Waals surface area contributed by atoms with Gasteiger partial charge in [0, 0.05) is 31.8 Å². The SMILES string of the molecule is CCCCCCCCC#CC/C=C(/CCCCC=O)[N+](=O)[O-]. The van der Waals surface area contributed by atoms with Gasteiger partial charge in [-0.1, -0.05) is 44.9 Å². The van der Waals surface area contributed by atoms with Crippen molar-refractivity contribution in [2.24, 2.45) is 0 Å². The summed E-state index contributed by atoms with van der Waals surface area (Å²) >= 11 is 0. The number of nitro groups is 1. The van der Waals surface area contributed by atoms with E-state index in [0.717, 1.165) is 19.1 Å². The number of carbonyl (C=O) groups excluding carboxylic acids is 1. The van der Waals surface area contributed by atoms with Crippen LogP contribution in [-0.4, -0.2) is 11.2 Å². The minimum atomic E-state index is -0.337. The van der Waals surface area contributed by atoms with Gasteiger partial charge in [-0.25, -0.2) is 0 Å². The number of hydrogen-bond donors (Lipinski definition) is 0. The van der Waals surface area contributed by atoms with Crippen LogP contribution in [0.5, 0.6) is 0 Å². The third-order valence-electron chi connectivity index (χ3n) is 3.46. The molecule has 0 radical (unpaired) electrons. The second kappa shape index (κ2) is 15.8. The molecule has 0 fully saturated rings. The van der Waals surface area contributed by atoms with E-state index in [9.17, 15) is 14.9 Å². The van der Waals surface area contributed by atoms with Crippen LogP contribution in [-0.2, 0) is 4.79 Å². The highest BCUT2D eigenvalue weighted by atomic mass is 16.6. The molecule has 0 N–H and O–H groups in total. The molecule has 4 nitrogen and oxygen atoms in total. The molecule has 0 saturated heterocycles. The Morgan fingerprint density at radius 3 is 2.45 bits per heavy atom. The normalized spacial score (nSPS) is 10.9. The topological polar surface area (TPSA) is 60.2 Å². The van der Waals surface area contributed by atoms with Crippen LogP contribution in [0, 0.1) is 22.0 Å². The van der Waals surface area contributed by atoms with E-state index in [1.807, 2.05) is 0 Å². The van der Waals surface area contributed by atoms with Gasteiger partial charge in [0.05, 0.1) is 4.92 Å². The van der Waals surface area contributed by atoms with Crippen LogP contribution in [0.15, 0.2) is 11.8 Å². The predicted octanol–water partition coefficient (Wildman–Crippen LogP) is 5.05. The quantitative estimate of drug-likeness (QED) is 0.157. The molecule has 4 heteroatoms. The summed E-state index contributed by atoms with van der Waals surface area (Å²) in [7, 11) is 0. The Bertz CT molecular complexity index is 391. The molecule has 0 saturated carbocycles. The average Bonchev–Trinajstić information content (AvgIpc) is 2.50. The summed E-state index contributed by atoms with van der Waals surface area (Å²) in [5.41, 5.74) is 0.222. The second-order valence-corrected chi connectivity index (χ2v) is 5.44. The number of unbranched alkanes of at least 4 members (excludes halogenated alkanes) is 8. The van der Waals surface area contributed by atoms with Gasteiger partial charge in [0.15, 0.2) is 0 Å². The third-order valence-corrected chi connectivity index (χ3v) is 3.46. The summed E-state index contributed by atoms with van der Waals surface area (Å²) in [6.07, 6.45) is 13.6. The molecule has 0 unspecified atom stereocenters. The molecule has 0 aromatic carbocycles. The molecule has 0 aromatic rings. The Morgan fingerprint density at radius 2 is 1.77 bits per heavy atom. The lowest BCUT2D eigenvalue weighted by Crippen LogP contribution is -1.98. The lowest BCUT2D eigenvalue weighted by molar-refractivity contribution is -0.428. The van der Waals surface area contributed by atoms with Crippen LogP contribution >= 0.6 is 0 Å². The first-order valence-electron chi connectivity index (χ1n) is 8.45. The molecule has 124 valence electrons. The Labute approximate surface area is 134 Å². The van der Waals surface area contributed by atoms with Crippen molar-refractivity contribution in [2.75, 3.05) is 0 Å². The largest absolute Gasteiger partial charge is 0.303 e. The third kappa shape index (κ3) is 13.4. The summed E-state index contributed by atoms with van der Waals surface area (Å²) in [5.74, 6) is 6.07. The van der Waals surface area contributed by atoms with E-state index in [2.05, 4.69) is 18.8 Å². The first-order chi connectivity index (χ1) is 10.7. The maximum absolute atomic E-state index is 10.9. The maximum Gasteiger partial charge on any atom is 0.243 e. The van der Waals surface area contributed by atoms with Gasteiger partial charge in [0.2, 0.25) is 5.70 Å². The number of rotatable bonds is 13. The molecule has 0 spiro atoms. The lowest BCUT2D eigenvalue weighted by atomic mass is 10.1. The van der Waals surface area contributed by atoms with Crippen molar-refractivity contribution < 1.29 is 9.72 Å². The molecule has 0 amide bonds. The Kier molecular flexibility index (Phi) is 14.6. The number of hydrogen-bond acceptors (Lipinski definition) is 3. The van der Waals surface area contributed by atoms with Crippen molar-refractivity contribution in [1.82, 2.24) is 0 Å². The molecule has 0 aliphatic carbocycles. The molecule has 0 heterocycles. The van der Waals surface area contributed by atoms with E-state index in [1.54, 1.807) is 6.08 Å². The fourth-order valence-corrected chi connectivity index (χ4v) is 2.12. The van der Waals surface area contributed by atoms with Crippen LogP contribution in [0.2, 0.25) is 0 Å². The van der Waals surface area contributed by atoms with Crippen molar-refractivity contribution in [3.05, 3.63) is 21.9 Å². The first-order valence-corrected chi connectivity index (χ1v) is 8.45. The molecule has 0 bridgehead atoms. The van der Waals surface area contributed by atoms with Gasteiger partial charge < -0.3 is 4.79 Å². The zero-order valence-corrected chi connectivity index (χ0v) is 13.8. The van der Waals surface area contributed by atoms with Crippen LogP contribution in [0.1, 0.15) is 84.0 Å². The molecule has 0 aliphatic rings. The van der Waals surface area contributed by atoms with E-state index < -0.39 is 0 Å². The highest BCUT2D eigenvalue weighted by Crippen LogP contribution is 2.10. The molecule has 22 heavy (non-hydrogen) atoms. The van der Waals surface area contributed by atoms with Gasteiger partial charge >= 0.3 is 0 Å². The van der Waals surface area contributed by atoms with Crippen molar-refractivity contribution in [1.29, 1.82) is 0 Å². The molecular formula is C18H29NO3. The summed E-state index contributed by atoms with van der Waals surface area (Å²) in [4.78, 5) is 20.7. The minimum Gasteiger partial charge on any atom is -0.303 e. The average molecular weight is 307 g/mol. The van der Waals surface area contributed by atoms with Crippen molar-refractivity contribution in [3.8, 4) is 11.8 Å². The Morgan fingerprint density at radius 1 is 1.05 bits per heavy atom.